The summed E-state index contributed by atoms with van der Waals surface area (Å²) in [5.41, 5.74) is 0.409. The second kappa shape index (κ2) is 4.90. The van der Waals surface area contributed by atoms with Gasteiger partial charge in [0.05, 0.1) is 18.2 Å². The van der Waals surface area contributed by atoms with Crippen LogP contribution in [0.4, 0.5) is 0 Å². The van der Waals surface area contributed by atoms with Gasteiger partial charge >= 0.3 is 0 Å². The Balaban J connectivity index is 2.41. The number of nitrogens with one attached hydrogen (secondary N) is 1. The molecule has 0 aliphatic carbocycles. The van der Waals surface area contributed by atoms with Crippen LogP contribution in [-0.2, 0) is 6.54 Å². The molecule has 5 nitrogen and oxygen atoms in total. The lowest BCUT2D eigenvalue weighted by atomic mass is 10.1. The predicted octanol–water partition coefficient (Wildman–Crippen LogP) is 1.11. The first-order chi connectivity index (χ1) is 8.60. The van der Waals surface area contributed by atoms with Gasteiger partial charge in [0.2, 0.25) is 0 Å². The van der Waals surface area contributed by atoms with E-state index in [9.17, 15) is 9.59 Å². The zero-order valence-corrected chi connectivity index (χ0v) is 9.94. The summed E-state index contributed by atoms with van der Waals surface area (Å²) >= 11 is 5.99. The van der Waals surface area contributed by atoms with E-state index < -0.39 is 0 Å². The van der Waals surface area contributed by atoms with Crippen LogP contribution in [0.5, 0.6) is 0 Å². The Kier molecular flexibility index (Phi) is 3.31. The number of halogens is 1. The molecular formula is C12H8ClN3O2. The normalized spacial score (nSPS) is 10.0. The van der Waals surface area contributed by atoms with Crippen molar-refractivity contribution in [3.8, 4) is 6.07 Å². The first kappa shape index (κ1) is 12.1. The molecule has 0 atom stereocenters. The largest absolute Gasteiger partial charge is 0.268 e. The van der Waals surface area contributed by atoms with Crippen molar-refractivity contribution in [2.24, 2.45) is 0 Å². The highest BCUT2D eigenvalue weighted by molar-refractivity contribution is 6.31. The minimum absolute atomic E-state index is 0.152. The second-order valence-corrected chi connectivity index (χ2v) is 4.06. The Morgan fingerprint density at radius 3 is 2.72 bits per heavy atom. The number of hydrogen-bond donors (Lipinski definition) is 1. The van der Waals surface area contributed by atoms with Gasteiger partial charge in [0.1, 0.15) is 0 Å². The molecule has 2 rings (SSSR count). The molecule has 1 N–H and O–H groups in total. The van der Waals surface area contributed by atoms with Gasteiger partial charge < -0.3 is 0 Å². The van der Waals surface area contributed by atoms with Crippen LogP contribution in [-0.4, -0.2) is 9.78 Å². The molecule has 0 bridgehead atoms. The maximum Gasteiger partial charge on any atom is 0.265 e. The minimum atomic E-state index is -0.362. The zero-order valence-electron chi connectivity index (χ0n) is 9.18. The number of aromatic nitrogens is 2. The predicted molar refractivity (Wildman–Crippen MR) is 66.6 cm³/mol. The number of hydrogen-bond acceptors (Lipinski definition) is 3. The van der Waals surface area contributed by atoms with E-state index >= 15 is 0 Å². The summed E-state index contributed by atoms with van der Waals surface area (Å²) in [6, 6.07) is 9.10. The zero-order chi connectivity index (χ0) is 13.1. The summed E-state index contributed by atoms with van der Waals surface area (Å²) in [7, 11) is 0. The van der Waals surface area contributed by atoms with Crippen molar-refractivity contribution in [3.05, 3.63) is 67.2 Å². The summed E-state index contributed by atoms with van der Waals surface area (Å²) in [6.07, 6.45) is 0. The molecule has 1 aromatic carbocycles. The molecule has 0 aliphatic heterocycles. The molecule has 1 heterocycles. The van der Waals surface area contributed by atoms with Gasteiger partial charge in [-0.05, 0) is 17.7 Å². The number of rotatable bonds is 2. The maximum atomic E-state index is 11.5. The van der Waals surface area contributed by atoms with Gasteiger partial charge in [-0.1, -0.05) is 17.7 Å². The fourth-order valence-electron chi connectivity index (χ4n) is 1.50. The Labute approximate surface area is 107 Å². The van der Waals surface area contributed by atoms with Crippen LogP contribution in [0.15, 0.2) is 39.9 Å². The average molecular weight is 262 g/mol. The van der Waals surface area contributed by atoms with E-state index in [0.29, 0.717) is 16.1 Å². The van der Waals surface area contributed by atoms with E-state index in [-0.39, 0.29) is 17.7 Å². The fraction of sp³-hybridized carbons (Fsp3) is 0.0833. The van der Waals surface area contributed by atoms with Gasteiger partial charge in [0.15, 0.2) is 0 Å². The van der Waals surface area contributed by atoms with Crippen molar-refractivity contribution in [1.82, 2.24) is 9.78 Å². The summed E-state index contributed by atoms with van der Waals surface area (Å²) in [4.78, 5) is 22.6. The standard InChI is InChI=1S/C12H8ClN3O2/c13-10-5-8(6-14)1-2-9(10)7-16-12(18)4-3-11(17)15-16/h1-5H,7H2,(H,15,17). The number of H-pyrrole nitrogens is 1. The van der Waals surface area contributed by atoms with Gasteiger partial charge in [0, 0.05) is 17.2 Å². The molecule has 0 saturated carbocycles. The molecule has 2 aromatic rings. The molecule has 6 heteroatoms. The van der Waals surface area contributed by atoms with Crippen LogP contribution in [0, 0.1) is 11.3 Å². The first-order valence-electron chi connectivity index (χ1n) is 5.09. The number of nitriles is 1. The summed E-state index contributed by atoms with van der Waals surface area (Å²) in [5, 5.41) is 11.5. The van der Waals surface area contributed by atoms with E-state index in [1.807, 2.05) is 6.07 Å². The van der Waals surface area contributed by atoms with Crippen LogP contribution in [0.2, 0.25) is 5.02 Å². The number of benzene rings is 1. The molecule has 0 saturated heterocycles. The van der Waals surface area contributed by atoms with Gasteiger partial charge in [-0.25, -0.2) is 4.68 Å². The Bertz CT molecular complexity index is 740. The lowest BCUT2D eigenvalue weighted by molar-refractivity contribution is 0.627. The highest BCUT2D eigenvalue weighted by atomic mass is 35.5. The Hall–Kier alpha value is -2.32. The van der Waals surface area contributed by atoms with Crippen molar-refractivity contribution in [2.75, 3.05) is 0 Å². The topological polar surface area (TPSA) is 78.7 Å². The highest BCUT2D eigenvalue weighted by Crippen LogP contribution is 2.17. The molecule has 0 radical (unpaired) electrons. The van der Waals surface area contributed by atoms with Crippen LogP contribution < -0.4 is 11.1 Å². The third-order valence-electron chi connectivity index (χ3n) is 2.40. The second-order valence-electron chi connectivity index (χ2n) is 3.65. The van der Waals surface area contributed by atoms with E-state index in [0.717, 1.165) is 4.68 Å². The Morgan fingerprint density at radius 2 is 2.06 bits per heavy atom. The smallest absolute Gasteiger partial charge is 0.265 e. The fourth-order valence-corrected chi connectivity index (χ4v) is 1.74. The van der Waals surface area contributed by atoms with Crippen LogP contribution in [0.25, 0.3) is 0 Å². The van der Waals surface area contributed by atoms with E-state index in [2.05, 4.69) is 5.10 Å². The van der Waals surface area contributed by atoms with Gasteiger partial charge in [-0.15, -0.1) is 0 Å². The van der Waals surface area contributed by atoms with Crippen LogP contribution >= 0.6 is 11.6 Å². The highest BCUT2D eigenvalue weighted by Gasteiger charge is 2.04. The van der Waals surface area contributed by atoms with E-state index in [4.69, 9.17) is 16.9 Å². The molecule has 90 valence electrons. The van der Waals surface area contributed by atoms with Crippen molar-refractivity contribution in [3.63, 3.8) is 0 Å². The molecule has 0 spiro atoms. The van der Waals surface area contributed by atoms with Crippen molar-refractivity contribution < 1.29 is 0 Å². The first-order valence-corrected chi connectivity index (χ1v) is 5.46. The van der Waals surface area contributed by atoms with Crippen molar-refractivity contribution in [2.45, 2.75) is 6.54 Å². The molecule has 1 aromatic heterocycles. The summed E-state index contributed by atoms with van der Waals surface area (Å²) < 4.78 is 1.16. The van der Waals surface area contributed by atoms with Crippen LogP contribution in [0.3, 0.4) is 0 Å². The maximum absolute atomic E-state index is 11.5. The SMILES string of the molecule is N#Cc1ccc(Cn2[nH]c(=O)ccc2=O)c(Cl)c1. The molecule has 18 heavy (non-hydrogen) atoms. The quantitative estimate of drug-likeness (QED) is 0.879. The van der Waals surface area contributed by atoms with Crippen molar-refractivity contribution >= 4 is 11.6 Å². The molecule has 0 amide bonds. The van der Waals surface area contributed by atoms with Crippen molar-refractivity contribution in [1.29, 1.82) is 5.26 Å². The number of aromatic amines is 1. The molecule has 0 aliphatic rings. The van der Waals surface area contributed by atoms with E-state index in [1.54, 1.807) is 12.1 Å². The average Bonchev–Trinajstić information content (AvgIpc) is 2.36. The lowest BCUT2D eigenvalue weighted by Crippen LogP contribution is -2.28. The molecule has 0 unspecified atom stereocenters. The summed E-state index contributed by atoms with van der Waals surface area (Å²) in [5.74, 6) is 0. The molecule has 0 fully saturated rings. The third-order valence-corrected chi connectivity index (χ3v) is 2.75. The van der Waals surface area contributed by atoms with E-state index in [1.165, 1.54) is 18.2 Å². The molecular weight excluding hydrogens is 254 g/mol. The third kappa shape index (κ3) is 2.50. The Morgan fingerprint density at radius 1 is 1.28 bits per heavy atom. The van der Waals surface area contributed by atoms with Gasteiger partial charge in [-0.2, -0.15) is 5.26 Å². The minimum Gasteiger partial charge on any atom is -0.268 e. The lowest BCUT2D eigenvalue weighted by Gasteiger charge is -2.06. The summed E-state index contributed by atoms with van der Waals surface area (Å²) in [6.45, 7) is 0.152. The van der Waals surface area contributed by atoms with Gasteiger partial charge in [0.25, 0.3) is 11.1 Å². The van der Waals surface area contributed by atoms with Crippen LogP contribution in [0.1, 0.15) is 11.1 Å². The monoisotopic (exact) mass is 261 g/mol. The number of nitrogens with zero attached hydrogens (tertiary/aromatic N) is 2. The van der Waals surface area contributed by atoms with Gasteiger partial charge in [-0.3, -0.25) is 14.7 Å².